The van der Waals surface area contributed by atoms with Gasteiger partial charge in [0.25, 0.3) is 5.91 Å². The molecule has 4 aliphatic rings. The van der Waals surface area contributed by atoms with Gasteiger partial charge in [0.2, 0.25) is 5.91 Å². The predicted octanol–water partition coefficient (Wildman–Crippen LogP) is 2.87. The predicted molar refractivity (Wildman–Crippen MR) is 127 cm³/mol. The molecule has 1 aliphatic carbocycles. The molecular formula is C24H33N3O6S. The van der Waals surface area contributed by atoms with Crippen molar-refractivity contribution in [2.24, 2.45) is 5.92 Å². The number of hydrogen-bond donors (Lipinski definition) is 2. The Balaban J connectivity index is 1.46. The SMILES string of the molecule is CC(C)(C)OC(=O)N[C@@H]1C(=O)N2C(C(=O)O)=C(C=C3CCN(CC4CCCCC4)C3=O)CS[C@H]12. The van der Waals surface area contributed by atoms with E-state index in [2.05, 4.69) is 5.32 Å². The van der Waals surface area contributed by atoms with Crippen LogP contribution in [0.4, 0.5) is 4.79 Å². The second-order valence-electron chi connectivity index (χ2n) is 10.4. The minimum atomic E-state index is -1.22. The van der Waals surface area contributed by atoms with Crippen molar-refractivity contribution in [1.29, 1.82) is 0 Å². The Labute approximate surface area is 203 Å². The molecule has 0 spiro atoms. The van der Waals surface area contributed by atoms with Gasteiger partial charge in [-0.15, -0.1) is 11.8 Å². The van der Waals surface area contributed by atoms with Crippen molar-refractivity contribution in [3.63, 3.8) is 0 Å². The van der Waals surface area contributed by atoms with Gasteiger partial charge in [0.05, 0.1) is 0 Å². The quantitative estimate of drug-likeness (QED) is 0.449. The number of carboxylic acid groups (broad SMARTS) is 1. The Hall–Kier alpha value is -2.49. The Morgan fingerprint density at radius 2 is 1.91 bits per heavy atom. The van der Waals surface area contributed by atoms with Gasteiger partial charge < -0.3 is 20.1 Å². The summed E-state index contributed by atoms with van der Waals surface area (Å²) in [6.45, 7) is 6.59. The van der Waals surface area contributed by atoms with Gasteiger partial charge in [0.15, 0.2) is 0 Å². The third-order valence-corrected chi connectivity index (χ3v) is 7.94. The van der Waals surface area contributed by atoms with Crippen LogP contribution >= 0.6 is 11.8 Å². The van der Waals surface area contributed by atoms with Gasteiger partial charge in [0.1, 0.15) is 22.7 Å². The smallest absolute Gasteiger partial charge is 0.408 e. The van der Waals surface area contributed by atoms with E-state index < -0.39 is 35.0 Å². The second kappa shape index (κ2) is 9.64. The first-order valence-electron chi connectivity index (χ1n) is 12.0. The highest BCUT2D eigenvalue weighted by molar-refractivity contribution is 8.00. The lowest BCUT2D eigenvalue weighted by molar-refractivity contribution is -0.149. The summed E-state index contributed by atoms with van der Waals surface area (Å²) < 4.78 is 5.22. The van der Waals surface area contributed by atoms with Crippen LogP contribution in [-0.2, 0) is 19.1 Å². The Kier molecular flexibility index (Phi) is 6.98. The van der Waals surface area contributed by atoms with Gasteiger partial charge in [-0.25, -0.2) is 9.59 Å². The van der Waals surface area contributed by atoms with Crippen molar-refractivity contribution in [1.82, 2.24) is 15.1 Å². The van der Waals surface area contributed by atoms with Crippen molar-refractivity contribution in [3.05, 3.63) is 22.9 Å². The zero-order valence-corrected chi connectivity index (χ0v) is 20.8. The monoisotopic (exact) mass is 491 g/mol. The molecule has 0 aromatic heterocycles. The largest absolute Gasteiger partial charge is 0.477 e. The summed E-state index contributed by atoms with van der Waals surface area (Å²) in [5, 5.41) is 11.9. The molecule has 3 fully saturated rings. The first-order valence-corrected chi connectivity index (χ1v) is 13.0. The molecule has 2 atom stereocenters. The van der Waals surface area contributed by atoms with Crippen LogP contribution in [0, 0.1) is 5.92 Å². The van der Waals surface area contributed by atoms with Crippen molar-refractivity contribution >= 4 is 35.6 Å². The normalized spacial score (nSPS) is 27.1. The molecule has 3 aliphatic heterocycles. The zero-order chi connectivity index (χ0) is 24.6. The number of allylic oxidation sites excluding steroid dienone is 1. The fourth-order valence-corrected chi connectivity index (χ4v) is 6.36. The molecule has 34 heavy (non-hydrogen) atoms. The number of carboxylic acids is 1. The maximum atomic E-state index is 13.0. The number of alkyl carbamates (subject to hydrolysis) is 1. The van der Waals surface area contributed by atoms with Crippen molar-refractivity contribution in [2.75, 3.05) is 18.8 Å². The first-order chi connectivity index (χ1) is 16.0. The molecule has 0 unspecified atom stereocenters. The van der Waals surface area contributed by atoms with E-state index in [-0.39, 0.29) is 11.6 Å². The molecule has 2 N–H and O–H groups in total. The third kappa shape index (κ3) is 5.11. The molecule has 10 heteroatoms. The summed E-state index contributed by atoms with van der Waals surface area (Å²) in [7, 11) is 0. The number of rotatable bonds is 5. The summed E-state index contributed by atoms with van der Waals surface area (Å²) in [5.74, 6) is -0.861. The number of ether oxygens (including phenoxy) is 1. The number of thioether (sulfide) groups is 1. The van der Waals surface area contributed by atoms with Gasteiger partial charge in [0, 0.05) is 24.4 Å². The lowest BCUT2D eigenvalue weighted by atomic mass is 9.89. The van der Waals surface area contributed by atoms with Crippen LogP contribution in [0.3, 0.4) is 0 Å². The van der Waals surface area contributed by atoms with Crippen molar-refractivity contribution in [2.45, 2.75) is 76.3 Å². The van der Waals surface area contributed by atoms with E-state index in [0.717, 1.165) is 19.4 Å². The maximum Gasteiger partial charge on any atom is 0.408 e. The number of nitrogens with zero attached hydrogens (tertiary/aromatic N) is 2. The van der Waals surface area contributed by atoms with Gasteiger partial charge in [-0.3, -0.25) is 14.5 Å². The highest BCUT2D eigenvalue weighted by Gasteiger charge is 2.54. The molecule has 0 aromatic carbocycles. The minimum Gasteiger partial charge on any atom is -0.477 e. The van der Waals surface area contributed by atoms with E-state index in [9.17, 15) is 24.3 Å². The standard InChI is InChI=1S/C24H33N3O6S/c1-24(2,3)33-23(32)25-17-20(29)27-18(22(30)31)16(13-34-21(17)27)11-15-9-10-26(19(15)28)12-14-7-5-4-6-8-14/h11,14,17,21H,4-10,12-13H2,1-3H3,(H,25,32)(H,30,31)/t17-,21-/m1/s1. The number of aliphatic carboxylic acids is 1. The number of fused-ring (bicyclic) bond motifs is 1. The highest BCUT2D eigenvalue weighted by Crippen LogP contribution is 2.41. The molecule has 3 heterocycles. The molecule has 186 valence electrons. The van der Waals surface area contributed by atoms with Gasteiger partial charge in [-0.1, -0.05) is 19.3 Å². The average Bonchev–Trinajstić information content (AvgIpc) is 3.10. The van der Waals surface area contributed by atoms with E-state index in [1.165, 1.54) is 35.9 Å². The lowest BCUT2D eigenvalue weighted by Gasteiger charge is -2.49. The molecule has 1 saturated carbocycles. The number of carbonyl (C=O) groups is 4. The Morgan fingerprint density at radius 3 is 2.56 bits per heavy atom. The van der Waals surface area contributed by atoms with Crippen LogP contribution in [0.25, 0.3) is 0 Å². The fourth-order valence-electron chi connectivity index (χ4n) is 5.06. The van der Waals surface area contributed by atoms with E-state index in [1.807, 2.05) is 4.90 Å². The molecule has 0 radical (unpaired) electrons. The molecular weight excluding hydrogens is 458 g/mol. The van der Waals surface area contributed by atoms with E-state index in [4.69, 9.17) is 4.74 Å². The molecule has 0 bridgehead atoms. The average molecular weight is 492 g/mol. The lowest BCUT2D eigenvalue weighted by Crippen LogP contribution is -2.70. The number of amides is 3. The minimum absolute atomic E-state index is 0.0330. The number of hydrogen-bond acceptors (Lipinski definition) is 6. The van der Waals surface area contributed by atoms with Crippen LogP contribution in [0.2, 0.25) is 0 Å². The maximum absolute atomic E-state index is 13.0. The molecule has 3 amide bonds. The Bertz CT molecular complexity index is 947. The topological polar surface area (TPSA) is 116 Å². The van der Waals surface area contributed by atoms with Crippen LogP contribution in [0.1, 0.15) is 59.3 Å². The van der Waals surface area contributed by atoms with E-state index >= 15 is 0 Å². The van der Waals surface area contributed by atoms with Gasteiger partial charge in [-0.2, -0.15) is 0 Å². The van der Waals surface area contributed by atoms with E-state index in [1.54, 1.807) is 26.8 Å². The van der Waals surface area contributed by atoms with Gasteiger partial charge in [-0.05, 0) is 57.6 Å². The number of likely N-dealkylation sites (tertiary alicyclic amines) is 1. The van der Waals surface area contributed by atoms with E-state index in [0.29, 0.717) is 35.8 Å². The van der Waals surface area contributed by atoms with Crippen LogP contribution in [-0.4, -0.2) is 74.6 Å². The highest BCUT2D eigenvalue weighted by atomic mass is 32.2. The van der Waals surface area contributed by atoms with Gasteiger partial charge >= 0.3 is 12.1 Å². The second-order valence-corrected chi connectivity index (χ2v) is 11.5. The van der Waals surface area contributed by atoms with Crippen LogP contribution in [0.15, 0.2) is 22.9 Å². The molecule has 9 nitrogen and oxygen atoms in total. The summed E-state index contributed by atoms with van der Waals surface area (Å²) >= 11 is 1.37. The number of nitrogens with one attached hydrogen (secondary N) is 1. The molecule has 4 rings (SSSR count). The zero-order valence-electron chi connectivity index (χ0n) is 20.0. The number of carbonyl (C=O) groups excluding carboxylic acids is 3. The number of β-lactam (4-membered cyclic amide) rings is 1. The van der Waals surface area contributed by atoms with Crippen molar-refractivity contribution in [3.8, 4) is 0 Å². The van der Waals surface area contributed by atoms with Crippen molar-refractivity contribution < 1.29 is 29.0 Å². The van der Waals surface area contributed by atoms with Crippen LogP contribution < -0.4 is 5.32 Å². The Morgan fingerprint density at radius 1 is 1.21 bits per heavy atom. The third-order valence-electron chi connectivity index (χ3n) is 6.64. The van der Waals surface area contributed by atoms with Crippen LogP contribution in [0.5, 0.6) is 0 Å². The summed E-state index contributed by atoms with van der Waals surface area (Å²) in [4.78, 5) is 53.1. The molecule has 0 aromatic rings. The summed E-state index contributed by atoms with van der Waals surface area (Å²) in [5.41, 5.74) is 0.239. The first kappa shape index (κ1) is 24.6. The summed E-state index contributed by atoms with van der Waals surface area (Å²) in [6, 6.07) is -0.845. The fraction of sp³-hybridized carbons (Fsp3) is 0.667. The summed E-state index contributed by atoms with van der Waals surface area (Å²) in [6.07, 6.45) is 7.55. The molecule has 2 saturated heterocycles.